The van der Waals surface area contributed by atoms with Gasteiger partial charge in [-0.3, -0.25) is 0 Å². The summed E-state index contributed by atoms with van der Waals surface area (Å²) in [6.07, 6.45) is 11.7. The van der Waals surface area contributed by atoms with Crippen molar-refractivity contribution in [3.05, 3.63) is 29.8 Å². The third-order valence-corrected chi connectivity index (χ3v) is 4.25. The minimum atomic E-state index is 0. The van der Waals surface area contributed by atoms with Gasteiger partial charge in [-0.2, -0.15) is 12.6 Å². The fourth-order valence-electron chi connectivity index (χ4n) is 2.53. The van der Waals surface area contributed by atoms with Crippen LogP contribution in [0, 0.1) is 0 Å². The fraction of sp³-hybridized carbons (Fsp3) is 0.700. The van der Waals surface area contributed by atoms with Crippen LogP contribution in [-0.4, -0.2) is 77.0 Å². The molecule has 1 aromatic rings. The first-order valence-electron chi connectivity index (χ1n) is 9.27. The molecule has 4 heteroatoms. The summed E-state index contributed by atoms with van der Waals surface area (Å²) >= 11 is 4.15. The van der Waals surface area contributed by atoms with Gasteiger partial charge in [0.25, 0.3) is 0 Å². The number of rotatable bonds is 15. The van der Waals surface area contributed by atoms with Crippen LogP contribution in [0.5, 0.6) is 5.75 Å². The molecule has 0 fully saturated rings. The van der Waals surface area contributed by atoms with Crippen LogP contribution in [0.1, 0.15) is 63.9 Å². The van der Waals surface area contributed by atoms with Crippen molar-refractivity contribution in [3.8, 4) is 5.75 Å². The van der Waals surface area contributed by atoms with Crippen molar-refractivity contribution in [2.45, 2.75) is 64.7 Å². The van der Waals surface area contributed by atoms with Gasteiger partial charge in [-0.05, 0) is 42.7 Å². The van der Waals surface area contributed by atoms with E-state index in [1.807, 2.05) is 0 Å². The Morgan fingerprint density at radius 2 is 1.46 bits per heavy atom. The van der Waals surface area contributed by atoms with E-state index in [0.717, 1.165) is 24.5 Å². The van der Waals surface area contributed by atoms with Gasteiger partial charge < -0.3 is 9.47 Å². The van der Waals surface area contributed by atoms with Gasteiger partial charge in [0.1, 0.15) is 12.4 Å². The van der Waals surface area contributed by atoms with Crippen LogP contribution in [0.25, 0.3) is 0 Å². The molecule has 24 heavy (non-hydrogen) atoms. The fourth-order valence-corrected chi connectivity index (χ4v) is 2.65. The van der Waals surface area contributed by atoms with Gasteiger partial charge in [0.15, 0.2) is 0 Å². The van der Waals surface area contributed by atoms with Gasteiger partial charge >= 0.3 is 51.4 Å². The Hall–Kier alpha value is 0.966. The molecule has 1 rings (SSSR count). The summed E-state index contributed by atoms with van der Waals surface area (Å²) in [4.78, 5) is 0. The number of hydrogen-bond donors (Lipinski definition) is 1. The summed E-state index contributed by atoms with van der Waals surface area (Å²) in [6.45, 7) is 4.30. The number of benzene rings is 1. The first kappa shape index (κ1) is 25.0. The zero-order valence-electron chi connectivity index (χ0n) is 14.8. The molecule has 0 spiro atoms. The molecule has 0 aliphatic carbocycles. The van der Waals surface area contributed by atoms with Gasteiger partial charge in [0.2, 0.25) is 0 Å². The van der Waals surface area contributed by atoms with Crippen LogP contribution in [0.4, 0.5) is 0 Å². The van der Waals surface area contributed by atoms with Crippen molar-refractivity contribution in [2.24, 2.45) is 0 Å². The van der Waals surface area contributed by atoms with E-state index in [0.29, 0.717) is 13.2 Å². The molecule has 0 aliphatic heterocycles. The Balaban J connectivity index is 0.00000529. The molecule has 0 aliphatic rings. The first-order chi connectivity index (χ1) is 11.4. The Labute approximate surface area is 197 Å². The van der Waals surface area contributed by atoms with Crippen molar-refractivity contribution in [2.75, 3.05) is 25.6 Å². The second kappa shape index (κ2) is 18.7. The normalized spacial score (nSPS) is 10.4. The van der Waals surface area contributed by atoms with Crippen LogP contribution in [0.2, 0.25) is 0 Å². The Morgan fingerprint density at radius 3 is 2.12 bits per heavy atom. The van der Waals surface area contributed by atoms with E-state index >= 15 is 0 Å². The van der Waals surface area contributed by atoms with Crippen molar-refractivity contribution in [3.63, 3.8) is 0 Å². The monoisotopic (exact) mass is 378 g/mol. The minimum absolute atomic E-state index is 0. The predicted molar refractivity (Wildman–Crippen MR) is 110 cm³/mol. The number of aryl methyl sites for hydroxylation is 1. The summed E-state index contributed by atoms with van der Waals surface area (Å²) in [5, 5.41) is 0. The molecule has 1 aromatic carbocycles. The van der Waals surface area contributed by atoms with Crippen molar-refractivity contribution < 1.29 is 9.47 Å². The van der Waals surface area contributed by atoms with E-state index in [4.69, 9.17) is 9.47 Å². The number of thiol groups is 1. The molecule has 0 saturated carbocycles. The van der Waals surface area contributed by atoms with E-state index < -0.39 is 0 Å². The summed E-state index contributed by atoms with van der Waals surface area (Å²) in [5.41, 5.74) is 1.41. The summed E-state index contributed by atoms with van der Waals surface area (Å²) < 4.78 is 11.1. The molecule has 2 nitrogen and oxygen atoms in total. The average Bonchev–Trinajstić information content (AvgIpc) is 2.58. The zero-order chi connectivity index (χ0) is 16.6. The molecule has 0 bridgehead atoms. The van der Waals surface area contributed by atoms with Crippen LogP contribution < -0.4 is 4.74 Å². The van der Waals surface area contributed by atoms with Crippen molar-refractivity contribution in [1.29, 1.82) is 0 Å². The van der Waals surface area contributed by atoms with Gasteiger partial charge in [0.05, 0.1) is 6.61 Å². The van der Waals surface area contributed by atoms with Gasteiger partial charge in [-0.1, -0.05) is 57.6 Å². The second-order valence-electron chi connectivity index (χ2n) is 6.05. The van der Waals surface area contributed by atoms with Crippen LogP contribution in [0.15, 0.2) is 24.3 Å². The molecule has 0 radical (unpaired) electrons. The van der Waals surface area contributed by atoms with E-state index in [1.54, 1.807) is 0 Å². The second-order valence-corrected chi connectivity index (χ2v) is 6.50. The maximum atomic E-state index is 5.68. The molecule has 0 saturated heterocycles. The quantitative estimate of drug-likeness (QED) is 0.262. The van der Waals surface area contributed by atoms with Gasteiger partial charge in [-0.25, -0.2) is 0 Å². The molecule has 0 unspecified atom stereocenters. The van der Waals surface area contributed by atoms with E-state index in [2.05, 4.69) is 43.8 Å². The molecule has 0 amide bonds. The molecule has 0 heterocycles. The van der Waals surface area contributed by atoms with Gasteiger partial charge in [-0.15, -0.1) is 0 Å². The Kier molecular flexibility index (Phi) is 19.5. The predicted octanol–water partition coefficient (Wildman–Crippen LogP) is 5.05. The van der Waals surface area contributed by atoms with E-state index in [9.17, 15) is 0 Å². The Bertz CT molecular complexity index is 370. The summed E-state index contributed by atoms with van der Waals surface area (Å²) in [7, 11) is 0. The number of hydrogen-bond acceptors (Lipinski definition) is 3. The maximum absolute atomic E-state index is 5.68. The molecule has 134 valence electrons. The van der Waals surface area contributed by atoms with Crippen LogP contribution >= 0.6 is 12.6 Å². The molecule has 0 atom stereocenters. The number of ether oxygens (including phenoxy) is 2. The molecule has 0 N–H and O–H groups in total. The third kappa shape index (κ3) is 14.2. The summed E-state index contributed by atoms with van der Waals surface area (Å²) in [6, 6.07) is 8.52. The molecule has 0 aromatic heterocycles. The topological polar surface area (TPSA) is 18.5 Å². The molecular weight excluding hydrogens is 343 g/mol. The average molecular weight is 379 g/mol. The summed E-state index contributed by atoms with van der Waals surface area (Å²) in [5.74, 6) is 1.81. The first-order valence-corrected chi connectivity index (χ1v) is 9.90. The molecular formula is C20H35KO2S. The zero-order valence-corrected chi connectivity index (χ0v) is 15.7. The van der Waals surface area contributed by atoms with Crippen LogP contribution in [-0.2, 0) is 11.2 Å². The van der Waals surface area contributed by atoms with Gasteiger partial charge in [0, 0.05) is 6.61 Å². The van der Waals surface area contributed by atoms with E-state index in [-0.39, 0.29) is 51.4 Å². The van der Waals surface area contributed by atoms with E-state index in [1.165, 1.54) is 56.9 Å². The third-order valence-electron chi connectivity index (χ3n) is 3.94. The van der Waals surface area contributed by atoms with Crippen LogP contribution in [0.3, 0.4) is 0 Å². The van der Waals surface area contributed by atoms with Crippen molar-refractivity contribution >= 4 is 64.0 Å². The SMILES string of the molecule is CCCCCCCCCc1ccc(OCCOCCCS)cc1.[KH]. The number of unbranched alkanes of at least 4 members (excludes halogenated alkanes) is 6. The van der Waals surface area contributed by atoms with Crippen molar-refractivity contribution in [1.82, 2.24) is 0 Å². The Morgan fingerprint density at radius 1 is 0.792 bits per heavy atom. The standard InChI is InChI=1S/C20H34O2S.K.H/c1-2-3-4-5-6-7-8-10-19-11-13-20(14-12-19)22-17-16-21-15-9-18-23;;/h11-14,23H,2-10,15-18H2,1H3;;.